The van der Waals surface area contributed by atoms with Crippen LogP contribution < -0.4 is 5.32 Å². The number of H-pyrrole nitrogens is 1. The van der Waals surface area contributed by atoms with Crippen LogP contribution in [0.3, 0.4) is 0 Å². The molecule has 4 heteroatoms. The maximum absolute atomic E-state index is 4.36. The van der Waals surface area contributed by atoms with Gasteiger partial charge in [0.05, 0.1) is 0 Å². The van der Waals surface area contributed by atoms with Crippen LogP contribution in [0.25, 0.3) is 33.3 Å². The summed E-state index contributed by atoms with van der Waals surface area (Å²) in [6.45, 7) is 0. The lowest BCUT2D eigenvalue weighted by molar-refractivity contribution is 1.29. The van der Waals surface area contributed by atoms with Crippen LogP contribution in [0.5, 0.6) is 0 Å². The number of nitrogens with one attached hydrogen (secondary N) is 2. The Hall–Kier alpha value is -3.14. The molecule has 23 heavy (non-hydrogen) atoms. The lowest BCUT2D eigenvalue weighted by atomic mass is 10.0. The van der Waals surface area contributed by atoms with Crippen LogP contribution in [-0.2, 0) is 0 Å². The van der Waals surface area contributed by atoms with Crippen molar-refractivity contribution in [3.05, 3.63) is 67.1 Å². The number of rotatable bonds is 3. The van der Waals surface area contributed by atoms with Gasteiger partial charge in [-0.25, -0.2) is 4.98 Å². The summed E-state index contributed by atoms with van der Waals surface area (Å²) in [5.41, 5.74) is 5.62. The summed E-state index contributed by atoms with van der Waals surface area (Å²) in [4.78, 5) is 11.9. The third kappa shape index (κ3) is 2.55. The third-order valence-electron chi connectivity index (χ3n) is 3.97. The molecule has 4 aromatic rings. The van der Waals surface area contributed by atoms with Gasteiger partial charge in [0.15, 0.2) is 0 Å². The smallest absolute Gasteiger partial charge is 0.125 e. The number of anilines is 1. The van der Waals surface area contributed by atoms with Crippen molar-refractivity contribution < 1.29 is 0 Å². The van der Waals surface area contributed by atoms with Crippen LogP contribution in [0.4, 0.5) is 5.82 Å². The molecule has 0 spiro atoms. The lowest BCUT2D eigenvalue weighted by Gasteiger charge is -2.04. The molecule has 0 aliphatic carbocycles. The molecular formula is C19H16N4. The molecule has 0 radical (unpaired) electrons. The molecule has 0 saturated carbocycles. The fourth-order valence-electron chi connectivity index (χ4n) is 2.68. The lowest BCUT2D eigenvalue weighted by Crippen LogP contribution is -1.91. The number of hydrogen-bond donors (Lipinski definition) is 2. The van der Waals surface area contributed by atoms with Gasteiger partial charge >= 0.3 is 0 Å². The Morgan fingerprint density at radius 3 is 2.35 bits per heavy atom. The molecule has 112 valence electrons. The van der Waals surface area contributed by atoms with E-state index in [0.717, 1.165) is 39.1 Å². The van der Waals surface area contributed by atoms with Crippen molar-refractivity contribution in [2.24, 2.45) is 0 Å². The second-order valence-corrected chi connectivity index (χ2v) is 5.41. The first-order chi connectivity index (χ1) is 11.3. The Kier molecular flexibility index (Phi) is 3.27. The van der Waals surface area contributed by atoms with E-state index < -0.39 is 0 Å². The van der Waals surface area contributed by atoms with Crippen molar-refractivity contribution in [2.75, 3.05) is 12.4 Å². The van der Waals surface area contributed by atoms with E-state index in [9.17, 15) is 0 Å². The standard InChI is InChI=1S/C19H16N4/c1-20-19-7-6-15(12-22-19)13-2-4-14(5-3-13)18-10-16-11-21-9-8-17(16)23-18/h2-12,23H,1H3,(H,20,22). The Bertz CT molecular complexity index is 904. The minimum atomic E-state index is 0.872. The monoisotopic (exact) mass is 300 g/mol. The molecule has 3 aromatic heterocycles. The summed E-state index contributed by atoms with van der Waals surface area (Å²) in [6, 6.07) is 16.7. The van der Waals surface area contributed by atoms with Gasteiger partial charge in [0.1, 0.15) is 5.82 Å². The molecule has 0 bridgehead atoms. The normalized spacial score (nSPS) is 10.8. The second kappa shape index (κ2) is 5.57. The fraction of sp³-hybridized carbons (Fsp3) is 0.0526. The molecule has 2 N–H and O–H groups in total. The topological polar surface area (TPSA) is 53.6 Å². The van der Waals surface area contributed by atoms with E-state index >= 15 is 0 Å². The van der Waals surface area contributed by atoms with Crippen molar-refractivity contribution in [3.8, 4) is 22.4 Å². The zero-order valence-electron chi connectivity index (χ0n) is 12.7. The summed E-state index contributed by atoms with van der Waals surface area (Å²) < 4.78 is 0. The number of hydrogen-bond acceptors (Lipinski definition) is 3. The van der Waals surface area contributed by atoms with E-state index in [1.807, 2.05) is 31.6 Å². The Labute approximate surface area is 134 Å². The van der Waals surface area contributed by atoms with Crippen LogP contribution in [0.2, 0.25) is 0 Å². The zero-order chi connectivity index (χ0) is 15.6. The highest BCUT2D eigenvalue weighted by atomic mass is 14.9. The molecule has 4 nitrogen and oxygen atoms in total. The molecule has 0 saturated heterocycles. The molecule has 1 aromatic carbocycles. The molecule has 0 amide bonds. The Morgan fingerprint density at radius 1 is 0.870 bits per heavy atom. The van der Waals surface area contributed by atoms with Crippen LogP contribution in [0.15, 0.2) is 67.1 Å². The molecule has 0 unspecified atom stereocenters. The summed E-state index contributed by atoms with van der Waals surface area (Å²) in [5, 5.41) is 4.15. The quantitative estimate of drug-likeness (QED) is 0.592. The minimum absolute atomic E-state index is 0.872. The van der Waals surface area contributed by atoms with Gasteiger partial charge in [-0.1, -0.05) is 24.3 Å². The molecule has 0 atom stereocenters. The average molecular weight is 300 g/mol. The first-order valence-corrected chi connectivity index (χ1v) is 7.51. The van der Waals surface area contributed by atoms with Crippen LogP contribution in [0.1, 0.15) is 0 Å². The van der Waals surface area contributed by atoms with Crippen molar-refractivity contribution in [2.45, 2.75) is 0 Å². The number of aromatic nitrogens is 3. The third-order valence-corrected chi connectivity index (χ3v) is 3.97. The molecule has 3 heterocycles. The largest absolute Gasteiger partial charge is 0.373 e. The molecular weight excluding hydrogens is 284 g/mol. The highest BCUT2D eigenvalue weighted by molar-refractivity contribution is 5.85. The number of pyridine rings is 2. The number of benzene rings is 1. The van der Waals surface area contributed by atoms with Crippen molar-refractivity contribution >= 4 is 16.7 Å². The predicted molar refractivity (Wildman–Crippen MR) is 94.3 cm³/mol. The van der Waals surface area contributed by atoms with Crippen molar-refractivity contribution in [1.82, 2.24) is 15.0 Å². The number of nitrogens with zero attached hydrogens (tertiary/aromatic N) is 2. The molecule has 0 aliphatic heterocycles. The second-order valence-electron chi connectivity index (χ2n) is 5.41. The van der Waals surface area contributed by atoms with E-state index in [4.69, 9.17) is 0 Å². The Morgan fingerprint density at radius 2 is 1.65 bits per heavy atom. The molecule has 0 aliphatic rings. The van der Waals surface area contributed by atoms with Crippen LogP contribution in [0, 0.1) is 0 Å². The fourth-order valence-corrected chi connectivity index (χ4v) is 2.68. The highest BCUT2D eigenvalue weighted by Crippen LogP contribution is 2.26. The highest BCUT2D eigenvalue weighted by Gasteiger charge is 2.04. The first-order valence-electron chi connectivity index (χ1n) is 7.51. The number of aromatic amines is 1. The van der Waals surface area contributed by atoms with Gasteiger partial charge in [0.2, 0.25) is 0 Å². The van der Waals surface area contributed by atoms with Gasteiger partial charge in [-0.2, -0.15) is 0 Å². The maximum Gasteiger partial charge on any atom is 0.125 e. The number of fused-ring (bicyclic) bond motifs is 1. The summed E-state index contributed by atoms with van der Waals surface area (Å²) in [6.07, 6.45) is 5.56. The van der Waals surface area contributed by atoms with Gasteiger partial charge in [-0.05, 0) is 35.4 Å². The summed E-state index contributed by atoms with van der Waals surface area (Å²) in [5.74, 6) is 0.872. The van der Waals surface area contributed by atoms with Crippen molar-refractivity contribution in [1.29, 1.82) is 0 Å². The maximum atomic E-state index is 4.36. The van der Waals surface area contributed by atoms with Crippen LogP contribution in [-0.4, -0.2) is 22.0 Å². The zero-order valence-corrected chi connectivity index (χ0v) is 12.7. The predicted octanol–water partition coefficient (Wildman–Crippen LogP) is 4.33. The van der Waals surface area contributed by atoms with Gasteiger partial charge in [-0.3, -0.25) is 4.98 Å². The van der Waals surface area contributed by atoms with E-state index in [1.54, 1.807) is 6.20 Å². The van der Waals surface area contributed by atoms with E-state index in [0.29, 0.717) is 0 Å². The van der Waals surface area contributed by atoms with E-state index in [2.05, 4.69) is 56.7 Å². The first kappa shape index (κ1) is 13.5. The van der Waals surface area contributed by atoms with E-state index in [1.165, 1.54) is 0 Å². The van der Waals surface area contributed by atoms with Gasteiger partial charge < -0.3 is 10.3 Å². The average Bonchev–Trinajstić information content (AvgIpc) is 3.06. The summed E-state index contributed by atoms with van der Waals surface area (Å²) >= 11 is 0. The van der Waals surface area contributed by atoms with Crippen LogP contribution >= 0.6 is 0 Å². The van der Waals surface area contributed by atoms with Gasteiger partial charge in [0.25, 0.3) is 0 Å². The van der Waals surface area contributed by atoms with Gasteiger partial charge in [-0.15, -0.1) is 0 Å². The Balaban J connectivity index is 1.66. The summed E-state index contributed by atoms with van der Waals surface area (Å²) in [7, 11) is 1.87. The molecule has 0 fully saturated rings. The van der Waals surface area contributed by atoms with Crippen molar-refractivity contribution in [3.63, 3.8) is 0 Å². The van der Waals surface area contributed by atoms with Gasteiger partial charge in [0, 0.05) is 47.8 Å². The van der Waals surface area contributed by atoms with E-state index in [-0.39, 0.29) is 0 Å². The molecule has 4 rings (SSSR count). The minimum Gasteiger partial charge on any atom is -0.373 e. The SMILES string of the molecule is CNc1ccc(-c2ccc(-c3cc4cnccc4[nH]3)cc2)cn1.